The number of nitrogens with two attached hydrogens (primary N) is 2. The molecule has 0 radical (unpaired) electrons. The van der Waals surface area contributed by atoms with Gasteiger partial charge in [0.05, 0.1) is 13.2 Å². The lowest BCUT2D eigenvalue weighted by Crippen LogP contribution is -2.52. The summed E-state index contributed by atoms with van der Waals surface area (Å²) >= 11 is 11.5. The fourth-order valence-corrected chi connectivity index (χ4v) is 11.5. The third-order valence-electron chi connectivity index (χ3n) is 16.0. The Bertz CT molecular complexity index is 2410. The first kappa shape index (κ1) is 59.0. The normalized spacial score (nSPS) is 19.3. The summed E-state index contributed by atoms with van der Waals surface area (Å²) in [5, 5.41) is 40.6. The van der Waals surface area contributed by atoms with Gasteiger partial charge in [0.2, 0.25) is 0 Å². The molecular weight excluding hydrogens is 981 g/mol. The van der Waals surface area contributed by atoms with E-state index in [1.54, 1.807) is 0 Å². The molecule has 12 heteroatoms. The van der Waals surface area contributed by atoms with Gasteiger partial charge < -0.3 is 52.4 Å². The number of thiocarbonyl (C=S) groups is 2. The molecule has 4 aromatic rings. The van der Waals surface area contributed by atoms with E-state index < -0.39 is 0 Å². The Labute approximate surface area is 468 Å². The van der Waals surface area contributed by atoms with Crippen molar-refractivity contribution in [2.75, 3.05) is 26.3 Å². The van der Waals surface area contributed by atoms with Gasteiger partial charge in [0.25, 0.3) is 0 Å². The average Bonchev–Trinajstić information content (AvgIpc) is 3.32. The molecule has 0 spiro atoms. The minimum atomic E-state index is -0.215. The molecule has 3 aliphatic carbocycles. The van der Waals surface area contributed by atoms with Crippen LogP contribution >= 0.6 is 24.4 Å². The highest BCUT2D eigenvalue weighted by atomic mass is 32.1. The van der Waals surface area contributed by atoms with E-state index in [0.717, 1.165) is 130 Å². The highest BCUT2D eigenvalue weighted by Crippen LogP contribution is 2.44. The zero-order valence-corrected chi connectivity index (χ0v) is 50.0. The topological polar surface area (TPSA) is 159 Å². The zero-order valence-electron chi connectivity index (χ0n) is 48.3. The average molecular weight is 1080 g/mol. The molecule has 4 atom stereocenters. The highest BCUT2D eigenvalue weighted by Gasteiger charge is 2.30. The summed E-state index contributed by atoms with van der Waals surface area (Å²) in [6.45, 7) is 29.0. The Hall–Kier alpha value is -4.62. The number of hydrogen-bond acceptors (Lipinski definition) is 8. The lowest BCUT2D eigenvalue weighted by atomic mass is 9.79. The molecule has 0 unspecified atom stereocenters. The van der Waals surface area contributed by atoms with Gasteiger partial charge in [-0.3, -0.25) is 0 Å². The zero-order chi connectivity index (χ0) is 55.3. The standard InChI is InChI=1S/C64H94N6O4S2/c1-61(2,3)47-31-39-27-43-35-49(63(7,8)9)37-45(57(43)73-25-17-23-67-59(75)69-53-21-15-13-19-51(53)65)29-41-33-48(62(4,5)6)34-42(56(41)72)30-46-38-50(64(10,11)12)36-44(28-40(32-47)55(39)71)58(46)74-26-18-24-68-60(76)70-54-22-16-14-20-52(54)66/h31-38,51-54,71-72H,13-30,65-66H2,1-12H3,(H2,67,69,75)(H2,68,70,76)/t51-,52-,53-,54-/m1/s1. The molecule has 3 aliphatic rings. The van der Waals surface area contributed by atoms with Gasteiger partial charge in [-0.2, -0.15) is 0 Å². The Morgan fingerprint density at radius 3 is 0.987 bits per heavy atom. The highest BCUT2D eigenvalue weighted by molar-refractivity contribution is 7.80. The molecule has 0 aromatic heterocycles. The molecule has 8 bridgehead atoms. The quantitative estimate of drug-likeness (QED) is 0.0442. The smallest absolute Gasteiger partial charge is 0.166 e. The second kappa shape index (κ2) is 24.6. The fraction of sp³-hybridized carbons (Fsp3) is 0.594. The predicted octanol–water partition coefficient (Wildman–Crippen LogP) is 12.0. The van der Waals surface area contributed by atoms with Gasteiger partial charge in [-0.25, -0.2) is 0 Å². The van der Waals surface area contributed by atoms with Gasteiger partial charge >= 0.3 is 0 Å². The molecule has 0 aliphatic heterocycles. The Kier molecular flexibility index (Phi) is 19.1. The third kappa shape index (κ3) is 15.3. The van der Waals surface area contributed by atoms with E-state index in [1.165, 1.54) is 0 Å². The molecule has 0 heterocycles. The fourth-order valence-electron chi connectivity index (χ4n) is 11.0. The van der Waals surface area contributed by atoms with Crippen LogP contribution in [0, 0.1) is 0 Å². The molecule has 76 heavy (non-hydrogen) atoms. The van der Waals surface area contributed by atoms with Crippen molar-refractivity contribution >= 4 is 34.7 Å². The van der Waals surface area contributed by atoms with E-state index in [2.05, 4.69) is 153 Å². The Morgan fingerprint density at radius 1 is 0.461 bits per heavy atom. The second-order valence-electron chi connectivity index (χ2n) is 26.6. The van der Waals surface area contributed by atoms with Crippen LogP contribution in [0.5, 0.6) is 23.0 Å². The third-order valence-corrected chi connectivity index (χ3v) is 16.5. The van der Waals surface area contributed by atoms with E-state index in [4.69, 9.17) is 45.4 Å². The van der Waals surface area contributed by atoms with Gasteiger partial charge in [-0.15, -0.1) is 0 Å². The predicted molar refractivity (Wildman–Crippen MR) is 323 cm³/mol. The maximum Gasteiger partial charge on any atom is 0.166 e. The van der Waals surface area contributed by atoms with Gasteiger partial charge in [-0.1, -0.05) is 157 Å². The number of benzene rings is 4. The second-order valence-corrected chi connectivity index (χ2v) is 27.4. The van der Waals surface area contributed by atoms with Crippen molar-refractivity contribution in [1.82, 2.24) is 21.3 Å². The van der Waals surface area contributed by atoms with Crippen LogP contribution < -0.4 is 42.2 Å². The molecule has 0 saturated heterocycles. The summed E-state index contributed by atoms with van der Waals surface area (Å²) in [5.41, 5.74) is 24.0. The van der Waals surface area contributed by atoms with Crippen LogP contribution in [-0.2, 0) is 47.3 Å². The number of nitrogens with one attached hydrogen (secondary N) is 4. The SMILES string of the molecule is CC(C)(C)c1cc2c(O)c(c1)Cc1cc(C(C)(C)C)cc(c1OCCCNC(=S)N[C@@H]1CCCC[C@H]1N)Cc1cc(C(C)(C)C)cc(c1O)Cc1cc(C(C)(C)C)cc(c1OCCCNC(=S)N[C@@H]1CCCC[C@H]1N)C2. The number of rotatable bonds is 12. The van der Waals surface area contributed by atoms with Crippen LogP contribution in [0.2, 0.25) is 0 Å². The van der Waals surface area contributed by atoms with Crippen molar-refractivity contribution in [2.45, 2.75) is 219 Å². The summed E-state index contributed by atoms with van der Waals surface area (Å²) in [6.07, 6.45) is 11.9. The van der Waals surface area contributed by atoms with Crippen LogP contribution in [0.1, 0.15) is 214 Å². The van der Waals surface area contributed by atoms with Crippen molar-refractivity contribution < 1.29 is 19.7 Å². The van der Waals surface area contributed by atoms with Crippen molar-refractivity contribution in [3.8, 4) is 23.0 Å². The maximum absolute atomic E-state index is 12.8. The van der Waals surface area contributed by atoms with Crippen molar-refractivity contribution in [1.29, 1.82) is 0 Å². The van der Waals surface area contributed by atoms with E-state index in [9.17, 15) is 10.2 Å². The van der Waals surface area contributed by atoms with Crippen LogP contribution in [-0.4, -0.2) is 70.9 Å². The largest absolute Gasteiger partial charge is 0.507 e. The van der Waals surface area contributed by atoms with E-state index in [-0.39, 0.29) is 57.3 Å². The van der Waals surface area contributed by atoms with Crippen LogP contribution in [0.25, 0.3) is 0 Å². The van der Waals surface area contributed by atoms with Gasteiger partial charge in [-0.05, 0) is 151 Å². The lowest BCUT2D eigenvalue weighted by Gasteiger charge is -2.30. The van der Waals surface area contributed by atoms with Gasteiger partial charge in [0.1, 0.15) is 23.0 Å². The van der Waals surface area contributed by atoms with E-state index in [1.807, 2.05) is 0 Å². The molecule has 2 saturated carbocycles. The minimum Gasteiger partial charge on any atom is -0.507 e. The first-order valence-electron chi connectivity index (χ1n) is 28.5. The molecule has 4 aromatic carbocycles. The van der Waals surface area contributed by atoms with E-state index >= 15 is 0 Å². The molecule has 7 rings (SSSR count). The number of fused-ring (bicyclic) bond motifs is 8. The van der Waals surface area contributed by atoms with Crippen molar-refractivity contribution in [2.24, 2.45) is 11.5 Å². The number of phenolic OH excluding ortho intramolecular Hbond substituents is 2. The van der Waals surface area contributed by atoms with E-state index in [0.29, 0.717) is 75.1 Å². The summed E-state index contributed by atoms with van der Waals surface area (Å²) in [4.78, 5) is 0. The number of hydrogen-bond donors (Lipinski definition) is 8. The monoisotopic (exact) mass is 1070 g/mol. The summed E-state index contributed by atoms with van der Waals surface area (Å²) in [6, 6.07) is 18.5. The number of ether oxygens (including phenoxy) is 2. The molecule has 0 amide bonds. The first-order valence-corrected chi connectivity index (χ1v) is 29.4. The summed E-state index contributed by atoms with van der Waals surface area (Å²) in [5.74, 6) is 2.15. The Balaban J connectivity index is 1.32. The summed E-state index contributed by atoms with van der Waals surface area (Å²) < 4.78 is 14.1. The molecule has 10 nitrogen and oxygen atoms in total. The molecule has 10 N–H and O–H groups in total. The van der Waals surface area contributed by atoms with Gasteiger partial charge in [0.15, 0.2) is 10.2 Å². The molecular formula is C64H94N6O4S2. The van der Waals surface area contributed by atoms with Gasteiger partial charge in [0, 0.05) is 62.9 Å². The Morgan fingerprint density at radius 2 is 0.724 bits per heavy atom. The molecule has 416 valence electrons. The van der Waals surface area contributed by atoms with Crippen molar-refractivity contribution in [3.05, 3.63) is 115 Å². The number of aromatic hydroxyl groups is 2. The summed E-state index contributed by atoms with van der Waals surface area (Å²) in [7, 11) is 0. The lowest BCUT2D eigenvalue weighted by molar-refractivity contribution is 0.304. The minimum absolute atomic E-state index is 0.105. The van der Waals surface area contributed by atoms with Crippen molar-refractivity contribution in [3.63, 3.8) is 0 Å². The number of phenols is 2. The maximum atomic E-state index is 12.8. The first-order chi connectivity index (χ1) is 35.6. The van der Waals surface area contributed by atoms with Crippen LogP contribution in [0.15, 0.2) is 48.5 Å². The molecule has 2 fully saturated rings. The van der Waals surface area contributed by atoms with Crippen LogP contribution in [0.3, 0.4) is 0 Å². The van der Waals surface area contributed by atoms with Crippen LogP contribution in [0.4, 0.5) is 0 Å².